The lowest BCUT2D eigenvalue weighted by Crippen LogP contribution is -2.23. The van der Waals surface area contributed by atoms with Gasteiger partial charge in [0.25, 0.3) is 0 Å². The van der Waals surface area contributed by atoms with Crippen LogP contribution in [0.3, 0.4) is 0 Å². The zero-order valence-electron chi connectivity index (χ0n) is 13.0. The maximum absolute atomic E-state index is 5.46. The van der Waals surface area contributed by atoms with E-state index in [4.69, 9.17) is 14.2 Å². The van der Waals surface area contributed by atoms with Crippen LogP contribution in [0.4, 0.5) is 5.69 Å². The lowest BCUT2D eigenvalue weighted by atomic mass is 10.1. The van der Waals surface area contributed by atoms with Gasteiger partial charge in [-0.05, 0) is 48.4 Å². The second-order valence-electron chi connectivity index (χ2n) is 5.31. The van der Waals surface area contributed by atoms with Gasteiger partial charge in [-0.3, -0.25) is 0 Å². The van der Waals surface area contributed by atoms with E-state index in [1.807, 2.05) is 18.2 Å². The Morgan fingerprint density at radius 1 is 1.05 bits per heavy atom. The van der Waals surface area contributed by atoms with Gasteiger partial charge in [-0.2, -0.15) is 0 Å². The van der Waals surface area contributed by atoms with Gasteiger partial charge in [0.1, 0.15) is 5.75 Å². The van der Waals surface area contributed by atoms with Crippen LogP contribution in [0.15, 0.2) is 42.5 Å². The molecule has 0 bridgehead atoms. The molecule has 0 aromatic heterocycles. The van der Waals surface area contributed by atoms with Crippen molar-refractivity contribution in [3.63, 3.8) is 0 Å². The van der Waals surface area contributed by atoms with Gasteiger partial charge in [-0.25, -0.2) is 0 Å². The number of fused-ring (bicyclic) bond motifs is 1. The zero-order chi connectivity index (χ0) is 15.4. The first kappa shape index (κ1) is 14.6. The second kappa shape index (κ2) is 6.60. The zero-order valence-corrected chi connectivity index (χ0v) is 13.0. The van der Waals surface area contributed by atoms with Crippen LogP contribution < -0.4 is 19.1 Å². The minimum atomic E-state index is 0.315. The lowest BCUT2D eigenvalue weighted by Gasteiger charge is -2.24. The molecule has 0 saturated carbocycles. The molecule has 0 spiro atoms. The van der Waals surface area contributed by atoms with Crippen LogP contribution in [-0.2, 0) is 6.54 Å². The second-order valence-corrected chi connectivity index (χ2v) is 5.31. The van der Waals surface area contributed by atoms with E-state index in [1.165, 1.54) is 11.3 Å². The molecule has 1 aliphatic heterocycles. The maximum Gasteiger partial charge on any atom is 0.231 e. The molecule has 0 atom stereocenters. The van der Waals surface area contributed by atoms with Crippen molar-refractivity contribution in [2.75, 3.05) is 25.3 Å². The number of benzene rings is 2. The minimum absolute atomic E-state index is 0.315. The number of nitrogens with zero attached hydrogens (tertiary/aromatic N) is 1. The molecule has 116 valence electrons. The van der Waals surface area contributed by atoms with Crippen molar-refractivity contribution in [2.45, 2.75) is 19.9 Å². The summed E-state index contributed by atoms with van der Waals surface area (Å²) in [5.41, 5.74) is 2.41. The quantitative estimate of drug-likeness (QED) is 0.811. The predicted octanol–water partition coefficient (Wildman–Crippen LogP) is 3.84. The molecule has 1 heterocycles. The van der Waals surface area contributed by atoms with E-state index in [9.17, 15) is 0 Å². The van der Waals surface area contributed by atoms with Gasteiger partial charge in [0.15, 0.2) is 11.5 Å². The summed E-state index contributed by atoms with van der Waals surface area (Å²) in [5, 5.41) is 0. The molecular formula is C18H21NO3. The summed E-state index contributed by atoms with van der Waals surface area (Å²) >= 11 is 0. The Balaban J connectivity index is 1.78. The van der Waals surface area contributed by atoms with E-state index in [0.29, 0.717) is 6.79 Å². The van der Waals surface area contributed by atoms with Gasteiger partial charge < -0.3 is 19.1 Å². The van der Waals surface area contributed by atoms with Gasteiger partial charge in [0.05, 0.1) is 7.11 Å². The van der Waals surface area contributed by atoms with Crippen LogP contribution in [0.5, 0.6) is 17.2 Å². The standard InChI is InChI=1S/C18H21NO3/c1-3-10-19(15-5-7-16(20-2)8-6-15)12-14-4-9-17-18(11-14)22-13-21-17/h4-9,11H,3,10,12-13H2,1-2H3. The molecule has 0 amide bonds. The van der Waals surface area contributed by atoms with Gasteiger partial charge in [-0.1, -0.05) is 13.0 Å². The molecule has 2 aromatic carbocycles. The Bertz CT molecular complexity index is 625. The topological polar surface area (TPSA) is 30.9 Å². The first-order valence-corrected chi connectivity index (χ1v) is 7.57. The molecule has 0 unspecified atom stereocenters. The Morgan fingerprint density at radius 2 is 1.82 bits per heavy atom. The summed E-state index contributed by atoms with van der Waals surface area (Å²) in [6, 6.07) is 14.3. The third-order valence-electron chi connectivity index (χ3n) is 3.74. The Hall–Kier alpha value is -2.36. The molecule has 0 N–H and O–H groups in total. The lowest BCUT2D eigenvalue weighted by molar-refractivity contribution is 0.174. The van der Waals surface area contributed by atoms with E-state index in [1.54, 1.807) is 7.11 Å². The van der Waals surface area contributed by atoms with Crippen molar-refractivity contribution < 1.29 is 14.2 Å². The van der Waals surface area contributed by atoms with E-state index >= 15 is 0 Å². The van der Waals surface area contributed by atoms with E-state index in [2.05, 4.69) is 36.1 Å². The van der Waals surface area contributed by atoms with Crippen LogP contribution in [0.1, 0.15) is 18.9 Å². The number of hydrogen-bond donors (Lipinski definition) is 0. The van der Waals surface area contributed by atoms with Crippen LogP contribution in [0.2, 0.25) is 0 Å². The van der Waals surface area contributed by atoms with Crippen molar-refractivity contribution in [3.05, 3.63) is 48.0 Å². The molecule has 0 fully saturated rings. The van der Waals surface area contributed by atoms with Crippen molar-refractivity contribution in [1.29, 1.82) is 0 Å². The normalized spacial score (nSPS) is 12.3. The fourth-order valence-corrected chi connectivity index (χ4v) is 2.62. The van der Waals surface area contributed by atoms with E-state index in [0.717, 1.165) is 36.8 Å². The van der Waals surface area contributed by atoms with Crippen LogP contribution in [0, 0.1) is 0 Å². The molecule has 22 heavy (non-hydrogen) atoms. The molecule has 0 radical (unpaired) electrons. The Labute approximate surface area is 131 Å². The first-order valence-electron chi connectivity index (χ1n) is 7.57. The highest BCUT2D eigenvalue weighted by Crippen LogP contribution is 2.33. The van der Waals surface area contributed by atoms with Crippen molar-refractivity contribution in [1.82, 2.24) is 0 Å². The summed E-state index contributed by atoms with van der Waals surface area (Å²) in [6.07, 6.45) is 1.09. The third kappa shape index (κ3) is 3.11. The largest absolute Gasteiger partial charge is 0.497 e. The molecule has 4 nitrogen and oxygen atoms in total. The molecule has 3 rings (SSSR count). The average molecular weight is 299 g/mol. The fourth-order valence-electron chi connectivity index (χ4n) is 2.62. The summed E-state index contributed by atoms with van der Waals surface area (Å²) in [4.78, 5) is 2.36. The highest BCUT2D eigenvalue weighted by molar-refractivity contribution is 5.51. The molecule has 4 heteroatoms. The number of rotatable bonds is 6. The fraction of sp³-hybridized carbons (Fsp3) is 0.333. The van der Waals surface area contributed by atoms with E-state index < -0.39 is 0 Å². The molecule has 1 aliphatic rings. The van der Waals surface area contributed by atoms with Crippen molar-refractivity contribution >= 4 is 5.69 Å². The van der Waals surface area contributed by atoms with Crippen molar-refractivity contribution in [2.24, 2.45) is 0 Å². The number of ether oxygens (including phenoxy) is 3. The smallest absolute Gasteiger partial charge is 0.231 e. The summed E-state index contributed by atoms with van der Waals surface area (Å²) in [6.45, 7) is 4.35. The average Bonchev–Trinajstić information content (AvgIpc) is 3.02. The maximum atomic E-state index is 5.46. The summed E-state index contributed by atoms with van der Waals surface area (Å²) < 4.78 is 16.1. The molecule has 0 saturated heterocycles. The van der Waals surface area contributed by atoms with Gasteiger partial charge in [0, 0.05) is 18.8 Å². The number of anilines is 1. The molecule has 2 aromatic rings. The van der Waals surface area contributed by atoms with Crippen molar-refractivity contribution in [3.8, 4) is 17.2 Å². The molecular weight excluding hydrogens is 278 g/mol. The SMILES string of the molecule is CCCN(Cc1ccc2c(c1)OCO2)c1ccc(OC)cc1. The summed E-state index contributed by atoms with van der Waals surface area (Å²) in [7, 11) is 1.69. The molecule has 0 aliphatic carbocycles. The van der Waals surface area contributed by atoms with E-state index in [-0.39, 0.29) is 0 Å². The predicted molar refractivity (Wildman–Crippen MR) is 86.9 cm³/mol. The van der Waals surface area contributed by atoms with Gasteiger partial charge >= 0.3 is 0 Å². The highest BCUT2D eigenvalue weighted by Gasteiger charge is 2.14. The Kier molecular flexibility index (Phi) is 4.37. The third-order valence-corrected chi connectivity index (χ3v) is 3.74. The highest BCUT2D eigenvalue weighted by atomic mass is 16.7. The van der Waals surface area contributed by atoms with Gasteiger partial charge in [-0.15, -0.1) is 0 Å². The van der Waals surface area contributed by atoms with Gasteiger partial charge in [0.2, 0.25) is 6.79 Å². The summed E-state index contributed by atoms with van der Waals surface area (Å²) in [5.74, 6) is 2.54. The van der Waals surface area contributed by atoms with Crippen LogP contribution >= 0.6 is 0 Å². The van der Waals surface area contributed by atoms with Crippen LogP contribution in [0.25, 0.3) is 0 Å². The number of methoxy groups -OCH3 is 1. The first-order chi connectivity index (χ1) is 10.8. The monoisotopic (exact) mass is 299 g/mol. The van der Waals surface area contributed by atoms with Crippen LogP contribution in [-0.4, -0.2) is 20.4 Å². The minimum Gasteiger partial charge on any atom is -0.497 e. The number of hydrogen-bond acceptors (Lipinski definition) is 4. The Morgan fingerprint density at radius 3 is 2.55 bits per heavy atom.